The van der Waals surface area contributed by atoms with E-state index < -0.39 is 5.91 Å². The summed E-state index contributed by atoms with van der Waals surface area (Å²) in [6, 6.07) is 13.1. The van der Waals surface area contributed by atoms with E-state index in [1.807, 2.05) is 44.2 Å². The van der Waals surface area contributed by atoms with Gasteiger partial charge in [0.1, 0.15) is 17.4 Å². The fourth-order valence-corrected chi connectivity index (χ4v) is 2.64. The number of rotatable bonds is 4. The lowest BCUT2D eigenvalue weighted by Gasteiger charge is -2.09. The molecule has 1 amide bonds. The predicted molar refractivity (Wildman–Crippen MR) is 98.8 cm³/mol. The van der Waals surface area contributed by atoms with Crippen molar-refractivity contribution in [3.63, 3.8) is 0 Å². The average molecular weight is 385 g/mol. The van der Waals surface area contributed by atoms with Crippen LogP contribution < -0.4 is 10.1 Å². The van der Waals surface area contributed by atoms with Crippen LogP contribution in [0.25, 0.3) is 6.08 Å². The molecule has 2 aromatic carbocycles. The summed E-state index contributed by atoms with van der Waals surface area (Å²) in [7, 11) is 1.54. The Hall–Kier alpha value is -2.58. The number of amides is 1. The largest absolute Gasteiger partial charge is 0.496 e. The highest BCUT2D eigenvalue weighted by atomic mass is 79.9. The molecule has 0 aliphatic rings. The van der Waals surface area contributed by atoms with E-state index in [1.54, 1.807) is 19.2 Å². The number of methoxy groups -OCH3 is 1. The van der Waals surface area contributed by atoms with Gasteiger partial charge in [0.2, 0.25) is 0 Å². The summed E-state index contributed by atoms with van der Waals surface area (Å²) in [5, 5.41) is 12.1. The second-order valence-corrected chi connectivity index (χ2v) is 6.24. The summed E-state index contributed by atoms with van der Waals surface area (Å²) in [4.78, 5) is 12.4. The third-order valence-electron chi connectivity index (χ3n) is 3.49. The Morgan fingerprint density at radius 2 is 2.00 bits per heavy atom. The lowest BCUT2D eigenvalue weighted by Crippen LogP contribution is -2.14. The minimum Gasteiger partial charge on any atom is -0.496 e. The zero-order chi connectivity index (χ0) is 17.7. The minimum atomic E-state index is -0.452. The molecule has 1 N–H and O–H groups in total. The first-order valence-electron chi connectivity index (χ1n) is 7.28. The molecule has 0 heterocycles. The van der Waals surface area contributed by atoms with Gasteiger partial charge in [-0.15, -0.1) is 0 Å². The fraction of sp³-hybridized carbons (Fsp3) is 0.158. The third kappa shape index (κ3) is 4.24. The second kappa shape index (κ2) is 7.80. The van der Waals surface area contributed by atoms with E-state index in [-0.39, 0.29) is 5.57 Å². The molecule has 0 fully saturated rings. The number of nitrogens with zero attached hydrogens (tertiary/aromatic N) is 1. The van der Waals surface area contributed by atoms with E-state index in [0.29, 0.717) is 17.0 Å². The molecular weight excluding hydrogens is 368 g/mol. The van der Waals surface area contributed by atoms with Crippen molar-refractivity contribution in [2.75, 3.05) is 12.4 Å². The number of carbonyl (C=O) groups excluding carboxylic acids is 1. The number of carbonyl (C=O) groups is 1. The number of nitriles is 1. The van der Waals surface area contributed by atoms with Gasteiger partial charge in [-0.25, -0.2) is 0 Å². The molecule has 4 nitrogen and oxygen atoms in total. The van der Waals surface area contributed by atoms with Crippen molar-refractivity contribution in [2.24, 2.45) is 0 Å². The zero-order valence-electron chi connectivity index (χ0n) is 13.7. The third-order valence-corrected chi connectivity index (χ3v) is 3.98. The van der Waals surface area contributed by atoms with Gasteiger partial charge in [0.15, 0.2) is 0 Å². The number of halogens is 1. The van der Waals surface area contributed by atoms with Crippen molar-refractivity contribution >= 4 is 33.6 Å². The van der Waals surface area contributed by atoms with Gasteiger partial charge in [0.05, 0.1) is 7.11 Å². The minimum absolute atomic E-state index is 0.00590. The summed E-state index contributed by atoms with van der Waals surface area (Å²) in [6.07, 6.45) is 1.52. The molecule has 24 heavy (non-hydrogen) atoms. The number of hydrogen-bond acceptors (Lipinski definition) is 3. The van der Waals surface area contributed by atoms with Crippen molar-refractivity contribution < 1.29 is 9.53 Å². The van der Waals surface area contributed by atoms with Crippen molar-refractivity contribution in [3.8, 4) is 11.8 Å². The van der Waals surface area contributed by atoms with Gasteiger partial charge in [-0.3, -0.25) is 4.79 Å². The molecule has 0 saturated carbocycles. The Morgan fingerprint density at radius 1 is 1.25 bits per heavy atom. The van der Waals surface area contributed by atoms with Crippen LogP contribution in [0.4, 0.5) is 5.69 Å². The maximum absolute atomic E-state index is 12.4. The van der Waals surface area contributed by atoms with Gasteiger partial charge >= 0.3 is 0 Å². The first-order valence-corrected chi connectivity index (χ1v) is 8.08. The molecule has 0 aromatic heterocycles. The van der Waals surface area contributed by atoms with Gasteiger partial charge in [0, 0.05) is 15.7 Å². The zero-order valence-corrected chi connectivity index (χ0v) is 15.3. The highest BCUT2D eigenvalue weighted by molar-refractivity contribution is 9.10. The molecule has 122 valence electrons. The van der Waals surface area contributed by atoms with Crippen LogP contribution in [0.2, 0.25) is 0 Å². The van der Waals surface area contributed by atoms with E-state index >= 15 is 0 Å². The number of anilines is 1. The number of ether oxygens (including phenoxy) is 1. The van der Waals surface area contributed by atoms with E-state index in [2.05, 4.69) is 21.2 Å². The first-order chi connectivity index (χ1) is 11.4. The topological polar surface area (TPSA) is 62.1 Å². The predicted octanol–water partition coefficient (Wildman–Crippen LogP) is 4.62. The van der Waals surface area contributed by atoms with Gasteiger partial charge < -0.3 is 10.1 Å². The first kappa shape index (κ1) is 17.8. The fourth-order valence-electron chi connectivity index (χ4n) is 2.27. The van der Waals surface area contributed by atoms with Crippen LogP contribution in [-0.2, 0) is 4.79 Å². The molecule has 2 aromatic rings. The summed E-state index contributed by atoms with van der Waals surface area (Å²) >= 11 is 3.38. The van der Waals surface area contributed by atoms with Crippen LogP contribution in [-0.4, -0.2) is 13.0 Å². The molecule has 0 aliphatic carbocycles. The van der Waals surface area contributed by atoms with Crippen molar-refractivity contribution in [1.82, 2.24) is 0 Å². The van der Waals surface area contributed by atoms with Crippen molar-refractivity contribution in [3.05, 3.63) is 63.1 Å². The summed E-state index contributed by atoms with van der Waals surface area (Å²) < 4.78 is 6.10. The Labute approximate surface area is 149 Å². The smallest absolute Gasteiger partial charge is 0.266 e. The molecule has 0 unspecified atom stereocenters. The lowest BCUT2D eigenvalue weighted by atomic mass is 10.1. The van der Waals surface area contributed by atoms with Gasteiger partial charge in [-0.2, -0.15) is 5.26 Å². The lowest BCUT2D eigenvalue weighted by molar-refractivity contribution is -0.112. The Morgan fingerprint density at radius 3 is 2.62 bits per heavy atom. The quantitative estimate of drug-likeness (QED) is 0.617. The summed E-state index contributed by atoms with van der Waals surface area (Å²) in [6.45, 7) is 3.90. The van der Waals surface area contributed by atoms with Gasteiger partial charge in [-0.1, -0.05) is 33.6 Å². The SMILES string of the molecule is COc1ccc(Br)cc1/C=C(\C#N)C(=O)Nc1ccc(C)cc1C. The van der Waals surface area contributed by atoms with Gasteiger partial charge in [-0.05, 0) is 49.8 Å². The molecule has 0 radical (unpaired) electrons. The molecule has 0 atom stereocenters. The van der Waals surface area contributed by atoms with Crippen LogP contribution in [0, 0.1) is 25.2 Å². The summed E-state index contributed by atoms with van der Waals surface area (Å²) in [5.41, 5.74) is 3.40. The Bertz CT molecular complexity index is 851. The highest BCUT2D eigenvalue weighted by Crippen LogP contribution is 2.25. The van der Waals surface area contributed by atoms with Crippen LogP contribution in [0.15, 0.2) is 46.4 Å². The molecule has 2 rings (SSSR count). The van der Waals surface area contributed by atoms with Crippen molar-refractivity contribution in [2.45, 2.75) is 13.8 Å². The van der Waals surface area contributed by atoms with E-state index in [0.717, 1.165) is 15.6 Å². The standard InChI is InChI=1S/C19H17BrN2O2/c1-12-4-6-17(13(2)8-12)22-19(23)15(11-21)9-14-10-16(20)5-7-18(14)24-3/h4-10H,1-3H3,(H,22,23)/b15-9+. The Kier molecular flexibility index (Phi) is 5.78. The molecule has 0 bridgehead atoms. The number of aryl methyl sites for hydroxylation is 2. The second-order valence-electron chi connectivity index (χ2n) is 5.33. The number of benzene rings is 2. The van der Waals surface area contributed by atoms with E-state index in [1.165, 1.54) is 6.08 Å². The van der Waals surface area contributed by atoms with Crippen LogP contribution in [0.1, 0.15) is 16.7 Å². The maximum Gasteiger partial charge on any atom is 0.266 e. The molecule has 0 spiro atoms. The number of hydrogen-bond donors (Lipinski definition) is 1. The molecule has 0 saturated heterocycles. The van der Waals surface area contributed by atoms with Crippen LogP contribution >= 0.6 is 15.9 Å². The average Bonchev–Trinajstić information content (AvgIpc) is 2.55. The van der Waals surface area contributed by atoms with Crippen LogP contribution in [0.3, 0.4) is 0 Å². The van der Waals surface area contributed by atoms with Crippen LogP contribution in [0.5, 0.6) is 5.75 Å². The van der Waals surface area contributed by atoms with E-state index in [9.17, 15) is 10.1 Å². The monoisotopic (exact) mass is 384 g/mol. The maximum atomic E-state index is 12.4. The van der Waals surface area contributed by atoms with E-state index in [4.69, 9.17) is 4.74 Å². The van der Waals surface area contributed by atoms with Crippen molar-refractivity contribution in [1.29, 1.82) is 5.26 Å². The molecular formula is C19H17BrN2O2. The number of nitrogens with one attached hydrogen (secondary N) is 1. The Balaban J connectivity index is 2.32. The normalized spacial score (nSPS) is 10.9. The molecule has 5 heteroatoms. The van der Waals surface area contributed by atoms with Gasteiger partial charge in [0.25, 0.3) is 5.91 Å². The highest BCUT2D eigenvalue weighted by Gasteiger charge is 2.12. The molecule has 0 aliphatic heterocycles. The summed E-state index contributed by atoms with van der Waals surface area (Å²) in [5.74, 6) is 0.136.